The second-order valence-electron chi connectivity index (χ2n) is 15.1. The van der Waals surface area contributed by atoms with Gasteiger partial charge in [0.25, 0.3) is 0 Å². The van der Waals surface area contributed by atoms with Crippen LogP contribution in [0.5, 0.6) is 11.5 Å². The van der Waals surface area contributed by atoms with Gasteiger partial charge in [-0.25, -0.2) is 9.48 Å². The third-order valence-corrected chi connectivity index (χ3v) is 10.2. The number of ether oxygens (including phenoxy) is 2. The van der Waals surface area contributed by atoms with Crippen molar-refractivity contribution in [3.05, 3.63) is 88.7 Å². The Morgan fingerprint density at radius 1 is 1.02 bits per heavy atom. The van der Waals surface area contributed by atoms with Gasteiger partial charge in [-0.15, -0.1) is 10.2 Å². The average Bonchev–Trinajstić information content (AvgIpc) is 3.84. The standard InChI is InChI=1S/C39H48ClN9O3/c1-25-10-9-19-47(25)38-44-43-35-18-14-27(24-48(35)38)52-32-17-16-31(28-11-7-8-12-29(28)32)41-37(50)42-36-23-34(39(2,3)4)45-49(36)26-13-15-30(40)33(22-26)51-21-20-46(5)6/h7-8,11-15,18,22-25,31-32H,9-10,16-17,19-21H2,1-6H3,(H2,41,42,50)/t25-,31+,32-/m1/s1. The van der Waals surface area contributed by atoms with E-state index < -0.39 is 0 Å². The van der Waals surface area contributed by atoms with Crippen LogP contribution in [0.4, 0.5) is 16.6 Å². The van der Waals surface area contributed by atoms with Crippen LogP contribution in [0.3, 0.4) is 0 Å². The molecule has 13 heteroatoms. The third-order valence-electron chi connectivity index (χ3n) is 9.86. The maximum Gasteiger partial charge on any atom is 0.320 e. The van der Waals surface area contributed by atoms with E-state index in [4.69, 9.17) is 26.2 Å². The summed E-state index contributed by atoms with van der Waals surface area (Å²) in [5, 5.41) is 20.6. The minimum Gasteiger partial charge on any atom is -0.491 e. The molecule has 52 heavy (non-hydrogen) atoms. The van der Waals surface area contributed by atoms with Crippen molar-refractivity contribution >= 4 is 35.0 Å². The summed E-state index contributed by atoms with van der Waals surface area (Å²) < 4.78 is 16.4. The maximum atomic E-state index is 13.7. The van der Waals surface area contributed by atoms with E-state index in [9.17, 15) is 4.79 Å². The van der Waals surface area contributed by atoms with Crippen LogP contribution in [0, 0.1) is 0 Å². The van der Waals surface area contributed by atoms with Crippen LogP contribution in [-0.4, -0.2) is 75.1 Å². The monoisotopic (exact) mass is 725 g/mol. The van der Waals surface area contributed by atoms with E-state index in [1.807, 2.05) is 72.1 Å². The van der Waals surface area contributed by atoms with Gasteiger partial charge in [0.1, 0.15) is 30.0 Å². The normalized spacial score (nSPS) is 18.8. The number of halogens is 1. The summed E-state index contributed by atoms with van der Waals surface area (Å²) in [4.78, 5) is 18.1. The molecule has 5 aromatic rings. The first-order valence-electron chi connectivity index (χ1n) is 18.1. The summed E-state index contributed by atoms with van der Waals surface area (Å²) in [5.74, 6) is 2.70. The van der Waals surface area contributed by atoms with Gasteiger partial charge in [0.2, 0.25) is 5.95 Å². The summed E-state index contributed by atoms with van der Waals surface area (Å²) in [6.07, 6.45) is 5.55. The number of carbonyl (C=O) groups is 1. The minimum atomic E-state index is -0.320. The number of anilines is 2. The number of aromatic nitrogens is 5. The molecule has 2 amide bonds. The number of nitrogens with one attached hydrogen (secondary N) is 2. The maximum absolute atomic E-state index is 13.7. The van der Waals surface area contributed by atoms with Crippen molar-refractivity contribution in [2.45, 2.75) is 77.0 Å². The molecule has 0 radical (unpaired) electrons. The number of fused-ring (bicyclic) bond motifs is 2. The van der Waals surface area contributed by atoms with Crippen molar-refractivity contribution in [3.8, 4) is 17.2 Å². The molecule has 7 rings (SSSR count). The lowest BCUT2D eigenvalue weighted by Gasteiger charge is -2.32. The minimum absolute atomic E-state index is 0.171. The van der Waals surface area contributed by atoms with Crippen molar-refractivity contribution in [1.82, 2.24) is 34.6 Å². The molecule has 12 nitrogen and oxygen atoms in total. The van der Waals surface area contributed by atoms with E-state index in [1.54, 1.807) is 10.7 Å². The van der Waals surface area contributed by atoms with Crippen molar-refractivity contribution in [2.24, 2.45) is 0 Å². The molecule has 2 aromatic carbocycles. The highest BCUT2D eigenvalue weighted by Crippen LogP contribution is 2.39. The molecule has 0 unspecified atom stereocenters. The fourth-order valence-corrected chi connectivity index (χ4v) is 7.13. The first kappa shape index (κ1) is 35.6. The Balaban J connectivity index is 1.08. The van der Waals surface area contributed by atoms with E-state index in [1.165, 1.54) is 0 Å². The Kier molecular flexibility index (Phi) is 10.0. The summed E-state index contributed by atoms with van der Waals surface area (Å²) in [6.45, 7) is 10.7. The molecule has 1 aliphatic carbocycles. The van der Waals surface area contributed by atoms with E-state index in [0.29, 0.717) is 35.7 Å². The van der Waals surface area contributed by atoms with Gasteiger partial charge in [-0.05, 0) is 82.1 Å². The van der Waals surface area contributed by atoms with E-state index >= 15 is 0 Å². The Bertz CT molecular complexity index is 2050. The summed E-state index contributed by atoms with van der Waals surface area (Å²) in [5.41, 5.74) is 4.19. The quantitative estimate of drug-likeness (QED) is 0.152. The zero-order valence-corrected chi connectivity index (χ0v) is 31.5. The lowest BCUT2D eigenvalue weighted by Crippen LogP contribution is -2.36. The second-order valence-corrected chi connectivity index (χ2v) is 15.5. The molecule has 0 spiro atoms. The molecular weight excluding hydrogens is 678 g/mol. The zero-order chi connectivity index (χ0) is 36.6. The smallest absolute Gasteiger partial charge is 0.320 e. The molecule has 274 valence electrons. The van der Waals surface area contributed by atoms with Crippen molar-refractivity contribution < 1.29 is 14.3 Å². The summed E-state index contributed by atoms with van der Waals surface area (Å²) in [6, 6.07) is 19.4. The molecule has 2 aliphatic rings. The van der Waals surface area contributed by atoms with Gasteiger partial charge >= 0.3 is 6.03 Å². The Morgan fingerprint density at radius 3 is 2.58 bits per heavy atom. The molecule has 4 heterocycles. The van der Waals surface area contributed by atoms with Gasteiger partial charge in [-0.2, -0.15) is 5.10 Å². The molecule has 1 aliphatic heterocycles. The molecule has 1 saturated heterocycles. The molecule has 2 N–H and O–H groups in total. The predicted octanol–water partition coefficient (Wildman–Crippen LogP) is 7.57. The number of likely N-dealkylation sites (N-methyl/N-ethyl adjacent to an activating group) is 1. The van der Waals surface area contributed by atoms with Crippen molar-refractivity contribution in [1.29, 1.82) is 0 Å². The second kappa shape index (κ2) is 14.7. The van der Waals surface area contributed by atoms with Crippen molar-refractivity contribution in [2.75, 3.05) is 44.0 Å². The molecular formula is C39H48ClN9O3. The number of benzene rings is 2. The van der Waals surface area contributed by atoms with Crippen LogP contribution in [0.25, 0.3) is 11.3 Å². The zero-order valence-electron chi connectivity index (χ0n) is 30.8. The first-order valence-corrected chi connectivity index (χ1v) is 18.4. The highest BCUT2D eigenvalue weighted by molar-refractivity contribution is 6.32. The van der Waals surface area contributed by atoms with Crippen LogP contribution in [0.1, 0.15) is 82.3 Å². The van der Waals surface area contributed by atoms with Crippen LogP contribution < -0.4 is 25.0 Å². The molecule has 3 aromatic heterocycles. The van der Waals surface area contributed by atoms with Crippen LogP contribution in [0.2, 0.25) is 5.02 Å². The number of carbonyl (C=O) groups excluding carboxylic acids is 1. The van der Waals surface area contributed by atoms with Gasteiger partial charge in [0.15, 0.2) is 5.65 Å². The first-order chi connectivity index (χ1) is 24.9. The Hall–Kier alpha value is -4.81. The van der Waals surface area contributed by atoms with Crippen molar-refractivity contribution in [3.63, 3.8) is 0 Å². The molecule has 1 fully saturated rings. The summed E-state index contributed by atoms with van der Waals surface area (Å²) >= 11 is 6.50. The Morgan fingerprint density at radius 2 is 1.83 bits per heavy atom. The number of pyridine rings is 1. The largest absolute Gasteiger partial charge is 0.491 e. The van der Waals surface area contributed by atoms with Gasteiger partial charge in [0, 0.05) is 36.7 Å². The topological polar surface area (TPSA) is 114 Å². The molecule has 0 saturated carbocycles. The number of urea groups is 1. The summed E-state index contributed by atoms with van der Waals surface area (Å²) in [7, 11) is 3.98. The molecule has 0 bridgehead atoms. The Labute approximate surface area is 310 Å². The van der Waals surface area contributed by atoms with Crippen LogP contribution >= 0.6 is 11.6 Å². The number of amides is 2. The predicted molar refractivity (Wildman–Crippen MR) is 204 cm³/mol. The lowest BCUT2D eigenvalue weighted by molar-refractivity contribution is 0.171. The van der Waals surface area contributed by atoms with Gasteiger partial charge in [0.05, 0.1) is 28.6 Å². The van der Waals surface area contributed by atoms with E-state index in [-0.39, 0.29) is 23.6 Å². The van der Waals surface area contributed by atoms with Crippen LogP contribution in [0.15, 0.2) is 66.9 Å². The van der Waals surface area contributed by atoms with Crippen LogP contribution in [-0.2, 0) is 5.41 Å². The average molecular weight is 726 g/mol. The number of rotatable bonds is 10. The SMILES string of the molecule is C[C@@H]1CCCN1c1nnc2ccc(O[C@@H]3CC[C@H](NC(=O)Nc4cc(C(C)(C)C)nn4-c4ccc(Cl)c(OCCN(C)C)c4)c4ccccc43)cn12. The molecule has 3 atom stereocenters. The highest BCUT2D eigenvalue weighted by Gasteiger charge is 2.31. The third kappa shape index (κ3) is 7.54. The fraction of sp³-hybridized carbons (Fsp3) is 0.436. The fourth-order valence-electron chi connectivity index (χ4n) is 6.96. The van der Waals surface area contributed by atoms with Gasteiger partial charge in [-0.1, -0.05) is 56.6 Å². The number of hydrogen-bond donors (Lipinski definition) is 2. The van der Waals surface area contributed by atoms with Gasteiger partial charge in [-0.3, -0.25) is 9.72 Å². The lowest BCUT2D eigenvalue weighted by atomic mass is 9.85. The number of nitrogens with zero attached hydrogens (tertiary/aromatic N) is 7. The van der Waals surface area contributed by atoms with E-state index in [0.717, 1.165) is 72.2 Å². The number of hydrogen-bond acceptors (Lipinski definition) is 8. The van der Waals surface area contributed by atoms with Gasteiger partial charge < -0.3 is 24.6 Å². The highest BCUT2D eigenvalue weighted by atomic mass is 35.5. The van der Waals surface area contributed by atoms with E-state index in [2.05, 4.69) is 65.6 Å².